The summed E-state index contributed by atoms with van der Waals surface area (Å²) in [6.07, 6.45) is -4.75. The first-order valence-electron chi connectivity index (χ1n) is 7.71. The molecule has 1 saturated heterocycles. The molecule has 1 aliphatic rings. The molecule has 0 spiro atoms. The fourth-order valence-corrected chi connectivity index (χ4v) is 2.78. The maximum atomic E-state index is 12.3. The Bertz CT molecular complexity index is 580. The Morgan fingerprint density at radius 3 is 2.75 bits per heavy atom. The smallest absolute Gasteiger partial charge is 0.406 e. The first-order valence-corrected chi connectivity index (χ1v) is 7.71. The van der Waals surface area contributed by atoms with E-state index in [0.717, 1.165) is 0 Å². The van der Waals surface area contributed by atoms with Crippen LogP contribution in [0.25, 0.3) is 0 Å². The van der Waals surface area contributed by atoms with Gasteiger partial charge in [-0.2, -0.15) is 0 Å². The number of carbonyl (C=O) groups is 1. The molecule has 24 heavy (non-hydrogen) atoms. The summed E-state index contributed by atoms with van der Waals surface area (Å²) in [5.41, 5.74) is 0.510. The van der Waals surface area contributed by atoms with Gasteiger partial charge in [0.1, 0.15) is 5.75 Å². The standard InChI is InChI=1S/C16H21F3N2O3/c1-10-7-21(8-13(10)9-22)15(23)20-11(2)12-4-3-5-14(6-12)24-16(17,18)19/h3-6,10-11,13,22H,7-9H2,1-2H3,(H,20,23)/t10-,11+,13+/m1/s1. The van der Waals surface area contributed by atoms with E-state index in [1.54, 1.807) is 17.9 Å². The lowest BCUT2D eigenvalue weighted by atomic mass is 10.00. The van der Waals surface area contributed by atoms with Gasteiger partial charge in [-0.3, -0.25) is 0 Å². The number of hydrogen-bond donors (Lipinski definition) is 2. The first kappa shape index (κ1) is 18.4. The summed E-state index contributed by atoms with van der Waals surface area (Å²) in [7, 11) is 0. The van der Waals surface area contributed by atoms with Gasteiger partial charge in [0.2, 0.25) is 0 Å². The third-order valence-electron chi connectivity index (χ3n) is 4.22. The fourth-order valence-electron chi connectivity index (χ4n) is 2.78. The van der Waals surface area contributed by atoms with Crippen LogP contribution in [0.5, 0.6) is 5.75 Å². The topological polar surface area (TPSA) is 61.8 Å². The molecule has 2 N–H and O–H groups in total. The Kier molecular flexibility index (Phi) is 5.58. The molecule has 0 unspecified atom stereocenters. The SMILES string of the molecule is C[C@H](NC(=O)N1C[C@@H](CO)[C@H](C)C1)c1cccc(OC(F)(F)F)c1. The Morgan fingerprint density at radius 1 is 1.46 bits per heavy atom. The second-order valence-corrected chi connectivity index (χ2v) is 6.12. The molecule has 1 aromatic carbocycles. The molecular formula is C16H21F3N2O3. The highest BCUT2D eigenvalue weighted by molar-refractivity contribution is 5.75. The summed E-state index contributed by atoms with van der Waals surface area (Å²) in [4.78, 5) is 13.9. The monoisotopic (exact) mass is 346 g/mol. The third kappa shape index (κ3) is 4.77. The molecule has 2 rings (SSSR count). The van der Waals surface area contributed by atoms with Gasteiger partial charge in [-0.05, 0) is 30.5 Å². The first-order chi connectivity index (χ1) is 11.2. The quantitative estimate of drug-likeness (QED) is 0.881. The van der Waals surface area contributed by atoms with Crippen molar-refractivity contribution in [3.05, 3.63) is 29.8 Å². The predicted octanol–water partition coefficient (Wildman–Crippen LogP) is 2.92. The van der Waals surface area contributed by atoms with E-state index in [0.29, 0.717) is 18.7 Å². The van der Waals surface area contributed by atoms with Gasteiger partial charge in [0.15, 0.2) is 0 Å². The van der Waals surface area contributed by atoms with Crippen LogP contribution in [0.1, 0.15) is 25.5 Å². The van der Waals surface area contributed by atoms with Crippen molar-refractivity contribution in [3.63, 3.8) is 0 Å². The van der Waals surface area contributed by atoms with E-state index in [2.05, 4.69) is 10.1 Å². The van der Waals surface area contributed by atoms with Crippen molar-refractivity contribution < 1.29 is 27.8 Å². The van der Waals surface area contributed by atoms with E-state index in [1.807, 2.05) is 6.92 Å². The highest BCUT2D eigenvalue weighted by Crippen LogP contribution is 2.26. The molecule has 0 radical (unpaired) electrons. The molecule has 1 aromatic rings. The van der Waals surface area contributed by atoms with Crippen molar-refractivity contribution in [2.24, 2.45) is 11.8 Å². The third-order valence-corrected chi connectivity index (χ3v) is 4.22. The number of alkyl halides is 3. The summed E-state index contributed by atoms with van der Waals surface area (Å²) in [6.45, 7) is 4.69. The van der Waals surface area contributed by atoms with Gasteiger partial charge in [-0.1, -0.05) is 19.1 Å². The highest BCUT2D eigenvalue weighted by atomic mass is 19.4. The number of amides is 2. The predicted molar refractivity (Wildman–Crippen MR) is 81.4 cm³/mol. The molecule has 134 valence electrons. The molecule has 1 fully saturated rings. The molecule has 0 saturated carbocycles. The Hall–Kier alpha value is -1.96. The summed E-state index contributed by atoms with van der Waals surface area (Å²) in [5.74, 6) is -0.0645. The lowest BCUT2D eigenvalue weighted by Gasteiger charge is -2.21. The average molecular weight is 346 g/mol. The zero-order valence-corrected chi connectivity index (χ0v) is 13.5. The van der Waals surface area contributed by atoms with Crippen molar-refractivity contribution in [1.29, 1.82) is 0 Å². The fraction of sp³-hybridized carbons (Fsp3) is 0.562. The van der Waals surface area contributed by atoms with E-state index < -0.39 is 12.4 Å². The van der Waals surface area contributed by atoms with Crippen LogP contribution >= 0.6 is 0 Å². The minimum Gasteiger partial charge on any atom is -0.406 e. The number of rotatable bonds is 4. The molecular weight excluding hydrogens is 325 g/mol. The van der Waals surface area contributed by atoms with E-state index in [9.17, 15) is 23.1 Å². The maximum absolute atomic E-state index is 12.3. The van der Waals surface area contributed by atoms with Crippen LogP contribution in [0.4, 0.5) is 18.0 Å². The molecule has 3 atom stereocenters. The van der Waals surface area contributed by atoms with Crippen molar-refractivity contribution in [2.45, 2.75) is 26.3 Å². The van der Waals surface area contributed by atoms with Crippen molar-refractivity contribution in [1.82, 2.24) is 10.2 Å². The molecule has 2 amide bonds. The number of hydrogen-bond acceptors (Lipinski definition) is 3. The van der Waals surface area contributed by atoms with Crippen LogP contribution in [0.3, 0.4) is 0 Å². The Labute approximate surface area is 138 Å². The number of aliphatic hydroxyl groups excluding tert-OH is 1. The second kappa shape index (κ2) is 7.29. The van der Waals surface area contributed by atoms with Crippen molar-refractivity contribution >= 4 is 6.03 Å². The number of nitrogens with zero attached hydrogens (tertiary/aromatic N) is 1. The number of urea groups is 1. The summed E-state index contributed by atoms with van der Waals surface area (Å²) in [5, 5.41) is 12.0. The van der Waals surface area contributed by atoms with Gasteiger partial charge in [0.25, 0.3) is 0 Å². The van der Waals surface area contributed by atoms with Crippen LogP contribution in [-0.2, 0) is 0 Å². The van der Waals surface area contributed by atoms with Gasteiger partial charge in [0, 0.05) is 25.6 Å². The Balaban J connectivity index is 1.98. The van der Waals surface area contributed by atoms with E-state index in [-0.39, 0.29) is 30.2 Å². The molecule has 1 aliphatic heterocycles. The minimum atomic E-state index is -4.75. The summed E-state index contributed by atoms with van der Waals surface area (Å²) in [6, 6.07) is 4.75. The Morgan fingerprint density at radius 2 is 2.17 bits per heavy atom. The van der Waals surface area contributed by atoms with E-state index in [1.165, 1.54) is 18.2 Å². The summed E-state index contributed by atoms with van der Waals surface area (Å²) < 4.78 is 40.7. The van der Waals surface area contributed by atoms with Crippen LogP contribution in [0, 0.1) is 11.8 Å². The van der Waals surface area contributed by atoms with E-state index >= 15 is 0 Å². The lowest BCUT2D eigenvalue weighted by Crippen LogP contribution is -2.40. The molecule has 1 heterocycles. The second-order valence-electron chi connectivity index (χ2n) is 6.12. The zero-order chi connectivity index (χ0) is 17.9. The number of aliphatic hydroxyl groups is 1. The number of halogens is 3. The van der Waals surface area contributed by atoms with Gasteiger partial charge < -0.3 is 20.1 Å². The summed E-state index contributed by atoms with van der Waals surface area (Å²) >= 11 is 0. The minimum absolute atomic E-state index is 0.0251. The van der Waals surface area contributed by atoms with Gasteiger partial charge in [-0.15, -0.1) is 13.2 Å². The number of nitrogens with one attached hydrogen (secondary N) is 1. The zero-order valence-electron chi connectivity index (χ0n) is 13.5. The van der Waals surface area contributed by atoms with Crippen LogP contribution in [0.2, 0.25) is 0 Å². The van der Waals surface area contributed by atoms with E-state index in [4.69, 9.17) is 0 Å². The number of likely N-dealkylation sites (tertiary alicyclic amines) is 1. The number of benzene rings is 1. The maximum Gasteiger partial charge on any atom is 0.573 e. The average Bonchev–Trinajstić information content (AvgIpc) is 2.87. The van der Waals surface area contributed by atoms with Crippen LogP contribution in [0.15, 0.2) is 24.3 Å². The molecule has 0 aliphatic carbocycles. The highest BCUT2D eigenvalue weighted by Gasteiger charge is 2.33. The number of ether oxygens (including phenoxy) is 1. The molecule has 8 heteroatoms. The molecule has 5 nitrogen and oxygen atoms in total. The van der Waals surface area contributed by atoms with Crippen LogP contribution in [-0.4, -0.2) is 42.1 Å². The van der Waals surface area contributed by atoms with Crippen LogP contribution < -0.4 is 10.1 Å². The van der Waals surface area contributed by atoms with Crippen molar-refractivity contribution in [3.8, 4) is 5.75 Å². The molecule has 0 aromatic heterocycles. The number of carbonyl (C=O) groups excluding carboxylic acids is 1. The van der Waals surface area contributed by atoms with Gasteiger partial charge in [0.05, 0.1) is 6.04 Å². The lowest BCUT2D eigenvalue weighted by molar-refractivity contribution is -0.274. The van der Waals surface area contributed by atoms with Gasteiger partial charge in [-0.25, -0.2) is 4.79 Å². The molecule has 0 bridgehead atoms. The van der Waals surface area contributed by atoms with Crippen molar-refractivity contribution in [2.75, 3.05) is 19.7 Å². The van der Waals surface area contributed by atoms with Gasteiger partial charge >= 0.3 is 12.4 Å². The largest absolute Gasteiger partial charge is 0.573 e. The normalized spacial score (nSPS) is 22.3.